The number of rotatable bonds is 4. The highest BCUT2D eigenvalue weighted by Crippen LogP contribution is 2.22. The molecule has 1 unspecified atom stereocenters. The van der Waals surface area contributed by atoms with E-state index in [1.54, 1.807) is 6.20 Å². The molecule has 0 fully saturated rings. The van der Waals surface area contributed by atoms with Crippen LogP contribution in [0.25, 0.3) is 0 Å². The molecule has 1 aromatic heterocycles. The van der Waals surface area contributed by atoms with Crippen LogP contribution in [0.2, 0.25) is 0 Å². The predicted molar refractivity (Wildman–Crippen MR) is 73.0 cm³/mol. The van der Waals surface area contributed by atoms with E-state index in [9.17, 15) is 0 Å². The molecule has 0 aliphatic carbocycles. The van der Waals surface area contributed by atoms with Crippen molar-refractivity contribution in [2.75, 3.05) is 5.75 Å². The number of pyridine rings is 1. The number of hydrogen-bond acceptors (Lipinski definition) is 3. The maximum atomic E-state index is 5.67. The van der Waals surface area contributed by atoms with Gasteiger partial charge in [0.2, 0.25) is 0 Å². The van der Waals surface area contributed by atoms with E-state index in [0.29, 0.717) is 5.92 Å². The highest BCUT2D eigenvalue weighted by molar-refractivity contribution is 7.80. The first-order valence-electron chi connectivity index (χ1n) is 5.59. The molecular formula is C14H15NOS. The highest BCUT2D eigenvalue weighted by atomic mass is 32.1. The maximum Gasteiger partial charge on any atom is 0.145 e. The average molecular weight is 245 g/mol. The highest BCUT2D eigenvalue weighted by Gasteiger charge is 2.05. The first kappa shape index (κ1) is 12.0. The molecule has 2 nitrogen and oxygen atoms in total. The quantitative estimate of drug-likeness (QED) is 0.825. The molecule has 0 aliphatic rings. The fraction of sp³-hybridized carbons (Fsp3) is 0.214. The smallest absolute Gasteiger partial charge is 0.145 e. The molecule has 1 heterocycles. The van der Waals surface area contributed by atoms with Crippen LogP contribution in [0.1, 0.15) is 18.5 Å². The van der Waals surface area contributed by atoms with Crippen LogP contribution in [0.3, 0.4) is 0 Å². The minimum atomic E-state index is 0.365. The van der Waals surface area contributed by atoms with E-state index in [2.05, 4.69) is 24.5 Å². The second-order valence-electron chi connectivity index (χ2n) is 3.92. The van der Waals surface area contributed by atoms with Gasteiger partial charge in [0.1, 0.15) is 11.5 Å². The van der Waals surface area contributed by atoms with E-state index in [4.69, 9.17) is 4.74 Å². The Balaban J connectivity index is 2.08. The van der Waals surface area contributed by atoms with Crippen molar-refractivity contribution in [2.24, 2.45) is 0 Å². The van der Waals surface area contributed by atoms with Crippen molar-refractivity contribution in [3.8, 4) is 11.5 Å². The molecule has 0 radical (unpaired) electrons. The third kappa shape index (κ3) is 3.24. The lowest BCUT2D eigenvalue weighted by Gasteiger charge is -2.09. The van der Waals surface area contributed by atoms with E-state index in [1.165, 1.54) is 0 Å². The molecule has 0 saturated heterocycles. The summed E-state index contributed by atoms with van der Waals surface area (Å²) in [6.07, 6.45) is 1.75. The standard InChI is InChI=1S/C14H15NOS/c1-11(10-17)14-8-7-13(9-15-14)16-12-5-3-2-4-6-12/h2-9,11,17H,10H2,1H3. The van der Waals surface area contributed by atoms with Gasteiger partial charge in [-0.3, -0.25) is 4.98 Å². The summed E-state index contributed by atoms with van der Waals surface area (Å²) < 4.78 is 5.67. The molecule has 88 valence electrons. The molecule has 1 atom stereocenters. The summed E-state index contributed by atoms with van der Waals surface area (Å²) in [7, 11) is 0. The van der Waals surface area contributed by atoms with Crippen molar-refractivity contribution in [1.82, 2.24) is 4.98 Å². The molecule has 0 spiro atoms. The Morgan fingerprint density at radius 2 is 1.88 bits per heavy atom. The SMILES string of the molecule is CC(CS)c1ccc(Oc2ccccc2)cn1. The molecule has 0 saturated carbocycles. The Labute approximate surface area is 107 Å². The zero-order valence-corrected chi connectivity index (χ0v) is 10.6. The van der Waals surface area contributed by atoms with Gasteiger partial charge in [-0.1, -0.05) is 25.1 Å². The van der Waals surface area contributed by atoms with Crippen molar-refractivity contribution in [3.63, 3.8) is 0 Å². The van der Waals surface area contributed by atoms with Gasteiger partial charge in [0.25, 0.3) is 0 Å². The molecule has 17 heavy (non-hydrogen) atoms. The zero-order valence-electron chi connectivity index (χ0n) is 9.71. The number of benzene rings is 1. The van der Waals surface area contributed by atoms with Crippen molar-refractivity contribution >= 4 is 12.6 Å². The molecule has 1 aromatic carbocycles. The average Bonchev–Trinajstić information content (AvgIpc) is 2.40. The van der Waals surface area contributed by atoms with Crippen LogP contribution in [0.15, 0.2) is 48.7 Å². The van der Waals surface area contributed by atoms with E-state index in [0.717, 1.165) is 22.9 Å². The van der Waals surface area contributed by atoms with Gasteiger partial charge in [-0.2, -0.15) is 12.6 Å². The summed E-state index contributed by atoms with van der Waals surface area (Å²) in [5.41, 5.74) is 1.04. The topological polar surface area (TPSA) is 22.1 Å². The first-order valence-corrected chi connectivity index (χ1v) is 6.22. The number of para-hydroxylation sites is 1. The van der Waals surface area contributed by atoms with Crippen LogP contribution in [0.4, 0.5) is 0 Å². The third-order valence-corrected chi connectivity index (χ3v) is 3.06. The number of hydrogen-bond donors (Lipinski definition) is 1. The van der Waals surface area contributed by atoms with Gasteiger partial charge >= 0.3 is 0 Å². The fourth-order valence-corrected chi connectivity index (χ4v) is 1.65. The number of thiol groups is 1. The molecular weight excluding hydrogens is 230 g/mol. The van der Waals surface area contributed by atoms with Gasteiger partial charge in [-0.05, 0) is 30.0 Å². The zero-order chi connectivity index (χ0) is 12.1. The summed E-state index contributed by atoms with van der Waals surface area (Å²) >= 11 is 4.26. The summed E-state index contributed by atoms with van der Waals surface area (Å²) in [5.74, 6) is 2.74. The van der Waals surface area contributed by atoms with Gasteiger partial charge in [-0.15, -0.1) is 0 Å². The molecule has 0 N–H and O–H groups in total. The summed E-state index contributed by atoms with van der Waals surface area (Å²) in [6, 6.07) is 13.6. The summed E-state index contributed by atoms with van der Waals surface area (Å²) in [4.78, 5) is 4.37. The van der Waals surface area contributed by atoms with Gasteiger partial charge in [0.15, 0.2) is 0 Å². The van der Waals surface area contributed by atoms with E-state index >= 15 is 0 Å². The number of nitrogens with zero attached hydrogens (tertiary/aromatic N) is 1. The molecule has 0 bridgehead atoms. The van der Waals surface area contributed by atoms with Crippen LogP contribution in [-0.4, -0.2) is 10.7 Å². The third-order valence-electron chi connectivity index (χ3n) is 2.52. The monoisotopic (exact) mass is 245 g/mol. The number of ether oxygens (including phenoxy) is 1. The Morgan fingerprint density at radius 1 is 1.12 bits per heavy atom. The van der Waals surface area contributed by atoms with Crippen molar-refractivity contribution in [2.45, 2.75) is 12.8 Å². The molecule has 0 amide bonds. The van der Waals surface area contributed by atoms with Crippen molar-refractivity contribution in [3.05, 3.63) is 54.4 Å². The minimum Gasteiger partial charge on any atom is -0.456 e. The molecule has 3 heteroatoms. The Morgan fingerprint density at radius 3 is 2.47 bits per heavy atom. The van der Waals surface area contributed by atoms with Gasteiger partial charge in [0, 0.05) is 11.6 Å². The summed E-state index contributed by atoms with van der Waals surface area (Å²) in [6.45, 7) is 2.10. The van der Waals surface area contributed by atoms with Crippen molar-refractivity contribution in [1.29, 1.82) is 0 Å². The lowest BCUT2D eigenvalue weighted by atomic mass is 10.1. The second kappa shape index (κ2) is 5.73. The van der Waals surface area contributed by atoms with Gasteiger partial charge in [-0.25, -0.2) is 0 Å². The lowest BCUT2D eigenvalue weighted by molar-refractivity contribution is 0.479. The van der Waals surface area contributed by atoms with Crippen LogP contribution < -0.4 is 4.74 Å². The van der Waals surface area contributed by atoms with E-state index in [-0.39, 0.29) is 0 Å². The van der Waals surface area contributed by atoms with E-state index < -0.39 is 0 Å². The molecule has 2 aromatic rings. The molecule has 0 aliphatic heterocycles. The first-order chi connectivity index (χ1) is 8.29. The maximum absolute atomic E-state index is 5.67. The largest absolute Gasteiger partial charge is 0.456 e. The fourth-order valence-electron chi connectivity index (χ4n) is 1.46. The second-order valence-corrected chi connectivity index (χ2v) is 4.28. The normalized spacial score (nSPS) is 12.1. The van der Waals surface area contributed by atoms with Gasteiger partial charge in [0.05, 0.1) is 6.20 Å². The minimum absolute atomic E-state index is 0.365. The Kier molecular flexibility index (Phi) is 4.04. The molecule has 2 rings (SSSR count). The van der Waals surface area contributed by atoms with Crippen LogP contribution in [0, 0.1) is 0 Å². The Hall–Kier alpha value is -1.48. The van der Waals surface area contributed by atoms with Crippen LogP contribution in [-0.2, 0) is 0 Å². The van der Waals surface area contributed by atoms with E-state index in [1.807, 2.05) is 42.5 Å². The van der Waals surface area contributed by atoms with Gasteiger partial charge < -0.3 is 4.74 Å². The predicted octanol–water partition coefficient (Wildman–Crippen LogP) is 3.91. The summed E-state index contributed by atoms with van der Waals surface area (Å²) in [5, 5.41) is 0. The van der Waals surface area contributed by atoms with Crippen molar-refractivity contribution < 1.29 is 4.74 Å². The Bertz CT molecular complexity index is 455. The number of aromatic nitrogens is 1. The van der Waals surface area contributed by atoms with Crippen LogP contribution >= 0.6 is 12.6 Å². The lowest BCUT2D eigenvalue weighted by Crippen LogP contribution is -1.98. The van der Waals surface area contributed by atoms with Crippen LogP contribution in [0.5, 0.6) is 11.5 Å².